The number of ether oxygens (including phenoxy) is 1. The molecule has 0 spiro atoms. The molecule has 132 valence electrons. The van der Waals surface area contributed by atoms with Gasteiger partial charge >= 0.3 is 0 Å². The van der Waals surface area contributed by atoms with E-state index in [1.54, 1.807) is 6.07 Å². The van der Waals surface area contributed by atoms with E-state index in [4.69, 9.17) is 4.74 Å². The highest BCUT2D eigenvalue weighted by Crippen LogP contribution is 2.24. The molecule has 3 rings (SSSR count). The first kappa shape index (κ1) is 17.2. The van der Waals surface area contributed by atoms with Crippen LogP contribution in [-0.2, 0) is 7.05 Å². The summed E-state index contributed by atoms with van der Waals surface area (Å²) in [4.78, 5) is 31.7. The van der Waals surface area contributed by atoms with Crippen molar-refractivity contribution in [3.05, 3.63) is 64.6 Å². The normalized spacial score (nSPS) is 10.4. The van der Waals surface area contributed by atoms with Gasteiger partial charge in [-0.25, -0.2) is 19.0 Å². The molecule has 26 heavy (non-hydrogen) atoms. The van der Waals surface area contributed by atoms with Gasteiger partial charge in [-0.05, 0) is 24.3 Å². The smallest absolute Gasteiger partial charge is 0.275 e. The highest BCUT2D eigenvalue weighted by molar-refractivity contribution is 6.02. The van der Waals surface area contributed by atoms with Crippen molar-refractivity contribution in [2.24, 2.45) is 7.05 Å². The fraction of sp³-hybridized carbons (Fsp3) is 0.118. The molecular formula is C17H14FN5O3. The van der Waals surface area contributed by atoms with Crippen molar-refractivity contribution in [3.63, 3.8) is 0 Å². The monoisotopic (exact) mass is 355 g/mol. The lowest BCUT2D eigenvalue weighted by Crippen LogP contribution is -2.22. The van der Waals surface area contributed by atoms with E-state index >= 15 is 0 Å². The van der Waals surface area contributed by atoms with Crippen LogP contribution < -0.4 is 15.6 Å². The lowest BCUT2D eigenvalue weighted by molar-refractivity contribution is 0.102. The Morgan fingerprint density at radius 2 is 2.00 bits per heavy atom. The van der Waals surface area contributed by atoms with Gasteiger partial charge in [-0.3, -0.25) is 9.59 Å². The van der Waals surface area contributed by atoms with E-state index in [0.29, 0.717) is 17.0 Å². The van der Waals surface area contributed by atoms with E-state index in [9.17, 15) is 14.0 Å². The summed E-state index contributed by atoms with van der Waals surface area (Å²) in [6, 6.07) is 8.21. The number of hydrogen-bond acceptors (Lipinski definition) is 6. The molecule has 0 aliphatic heterocycles. The summed E-state index contributed by atoms with van der Waals surface area (Å²) < 4.78 is 19.8. The average Bonchev–Trinajstić information content (AvgIpc) is 2.64. The minimum atomic E-state index is -0.539. The second-order valence-corrected chi connectivity index (χ2v) is 5.30. The number of anilines is 1. The van der Waals surface area contributed by atoms with E-state index in [0.717, 1.165) is 4.68 Å². The number of carbonyl (C=O) groups excluding carboxylic acids is 1. The van der Waals surface area contributed by atoms with Crippen LogP contribution in [0.3, 0.4) is 0 Å². The van der Waals surface area contributed by atoms with Gasteiger partial charge in [0.1, 0.15) is 23.6 Å². The number of hydrogen-bond donors (Lipinski definition) is 1. The topological polar surface area (TPSA) is 99.0 Å². The van der Waals surface area contributed by atoms with Crippen LogP contribution >= 0.6 is 0 Å². The Kier molecular flexibility index (Phi) is 4.70. The van der Waals surface area contributed by atoms with Gasteiger partial charge in [-0.2, -0.15) is 5.10 Å². The quantitative estimate of drug-likeness (QED) is 0.764. The number of benzene rings is 1. The molecule has 0 radical (unpaired) electrons. The molecule has 9 heteroatoms. The Labute approximate surface area is 147 Å². The first-order valence-electron chi connectivity index (χ1n) is 7.49. The summed E-state index contributed by atoms with van der Waals surface area (Å²) in [5, 5.41) is 6.46. The molecule has 1 N–H and O–H groups in total. The zero-order valence-corrected chi connectivity index (χ0v) is 13.9. The molecule has 3 aromatic rings. The highest BCUT2D eigenvalue weighted by atomic mass is 19.1. The summed E-state index contributed by atoms with van der Waals surface area (Å²) in [5.74, 6) is -0.495. The Balaban J connectivity index is 1.89. The van der Waals surface area contributed by atoms with E-state index in [1.807, 2.05) is 0 Å². The maximum Gasteiger partial charge on any atom is 0.275 e. The minimum Gasteiger partial charge on any atom is -0.497 e. The third-order valence-electron chi connectivity index (χ3n) is 3.50. The van der Waals surface area contributed by atoms with Crippen molar-refractivity contribution in [2.75, 3.05) is 12.4 Å². The molecule has 0 atom stereocenters. The lowest BCUT2D eigenvalue weighted by atomic mass is 10.1. The number of carbonyl (C=O) groups is 1. The molecule has 2 heterocycles. The van der Waals surface area contributed by atoms with Crippen molar-refractivity contribution in [3.8, 4) is 17.0 Å². The van der Waals surface area contributed by atoms with Gasteiger partial charge in [0, 0.05) is 24.7 Å². The van der Waals surface area contributed by atoms with Gasteiger partial charge < -0.3 is 10.1 Å². The molecule has 0 saturated carbocycles. The number of methoxy groups -OCH3 is 1. The minimum absolute atomic E-state index is 0.0638. The second-order valence-electron chi connectivity index (χ2n) is 5.30. The molecule has 0 bridgehead atoms. The molecule has 0 unspecified atom stereocenters. The van der Waals surface area contributed by atoms with Gasteiger partial charge in [0.25, 0.3) is 11.5 Å². The lowest BCUT2D eigenvalue weighted by Gasteiger charge is -2.07. The zero-order chi connectivity index (χ0) is 18.7. The van der Waals surface area contributed by atoms with Crippen LogP contribution in [0.15, 0.2) is 47.5 Å². The Morgan fingerprint density at radius 3 is 2.73 bits per heavy atom. The largest absolute Gasteiger partial charge is 0.497 e. The predicted molar refractivity (Wildman–Crippen MR) is 91.4 cm³/mol. The summed E-state index contributed by atoms with van der Waals surface area (Å²) in [6.07, 6.45) is 1.20. The number of aryl methyl sites for hydroxylation is 1. The molecular weight excluding hydrogens is 341 g/mol. The van der Waals surface area contributed by atoms with Gasteiger partial charge in [0.15, 0.2) is 5.82 Å². The van der Waals surface area contributed by atoms with Crippen LogP contribution in [0.5, 0.6) is 5.75 Å². The predicted octanol–water partition coefficient (Wildman–Crippen LogP) is 1.64. The van der Waals surface area contributed by atoms with E-state index < -0.39 is 11.7 Å². The molecule has 8 nitrogen and oxygen atoms in total. The highest BCUT2D eigenvalue weighted by Gasteiger charge is 2.12. The molecule has 1 amide bonds. The fourth-order valence-electron chi connectivity index (χ4n) is 2.22. The van der Waals surface area contributed by atoms with Crippen LogP contribution in [-0.4, -0.2) is 32.8 Å². The van der Waals surface area contributed by atoms with Crippen molar-refractivity contribution < 1.29 is 13.9 Å². The Hall–Kier alpha value is -3.62. The molecule has 2 aromatic heterocycles. The van der Waals surface area contributed by atoms with Crippen LogP contribution in [0, 0.1) is 5.82 Å². The summed E-state index contributed by atoms with van der Waals surface area (Å²) in [5.41, 5.74) is 0.566. The first-order valence-corrected chi connectivity index (χ1v) is 7.49. The van der Waals surface area contributed by atoms with E-state index in [-0.39, 0.29) is 17.1 Å². The van der Waals surface area contributed by atoms with E-state index in [2.05, 4.69) is 20.4 Å². The second kappa shape index (κ2) is 7.09. The maximum atomic E-state index is 13.7. The van der Waals surface area contributed by atoms with Crippen LogP contribution in [0.4, 0.5) is 10.2 Å². The fourth-order valence-corrected chi connectivity index (χ4v) is 2.22. The maximum absolute atomic E-state index is 13.7. The third-order valence-corrected chi connectivity index (χ3v) is 3.50. The summed E-state index contributed by atoms with van der Waals surface area (Å²) in [7, 11) is 2.90. The first-order chi connectivity index (χ1) is 12.5. The van der Waals surface area contributed by atoms with Crippen molar-refractivity contribution in [1.82, 2.24) is 19.7 Å². The number of halogens is 1. The zero-order valence-electron chi connectivity index (χ0n) is 13.9. The number of aromatic nitrogens is 4. The number of nitrogens with one attached hydrogen (secondary N) is 1. The Morgan fingerprint density at radius 1 is 1.19 bits per heavy atom. The average molecular weight is 355 g/mol. The van der Waals surface area contributed by atoms with Gasteiger partial charge in [0.2, 0.25) is 0 Å². The molecule has 1 aromatic carbocycles. The number of amides is 1. The van der Waals surface area contributed by atoms with Gasteiger partial charge in [0.05, 0.1) is 12.8 Å². The van der Waals surface area contributed by atoms with Gasteiger partial charge in [-0.1, -0.05) is 0 Å². The molecule has 0 saturated heterocycles. The summed E-state index contributed by atoms with van der Waals surface area (Å²) in [6.45, 7) is 0. The molecule has 0 aliphatic carbocycles. The Bertz CT molecular complexity index is 1030. The van der Waals surface area contributed by atoms with Crippen LogP contribution in [0.1, 0.15) is 10.5 Å². The standard InChI is InChI=1S/C17H14FN5O3/c1-23-16(24)4-3-15(22-23)21-17(25)14-8-13(19-9-20-14)10-5-11(18)7-12(6-10)26-2/h3-9H,1-2H3,(H,21,22,25). The van der Waals surface area contributed by atoms with Crippen molar-refractivity contribution in [2.45, 2.75) is 0 Å². The molecule has 0 aliphatic rings. The van der Waals surface area contributed by atoms with Gasteiger partial charge in [-0.15, -0.1) is 0 Å². The molecule has 0 fully saturated rings. The van der Waals surface area contributed by atoms with Crippen molar-refractivity contribution >= 4 is 11.7 Å². The van der Waals surface area contributed by atoms with E-state index in [1.165, 1.54) is 50.8 Å². The SMILES string of the molecule is COc1cc(F)cc(-c2cc(C(=O)Nc3ccc(=O)n(C)n3)ncn2)c1. The van der Waals surface area contributed by atoms with Crippen LogP contribution in [0.2, 0.25) is 0 Å². The third kappa shape index (κ3) is 3.72. The summed E-state index contributed by atoms with van der Waals surface area (Å²) >= 11 is 0. The number of rotatable bonds is 4. The van der Waals surface area contributed by atoms with Crippen LogP contribution in [0.25, 0.3) is 11.3 Å². The van der Waals surface area contributed by atoms with Crippen molar-refractivity contribution in [1.29, 1.82) is 0 Å². The number of nitrogens with zero attached hydrogens (tertiary/aromatic N) is 4.